The summed E-state index contributed by atoms with van der Waals surface area (Å²) in [5.41, 5.74) is 0. The zero-order chi connectivity index (χ0) is 15.7. The van der Waals surface area contributed by atoms with Crippen LogP contribution in [0.25, 0.3) is 0 Å². The molecule has 2 amide bonds. The number of hydrogen-bond donors (Lipinski definition) is 2. The summed E-state index contributed by atoms with van der Waals surface area (Å²) < 4.78 is 5.36. The van der Waals surface area contributed by atoms with Crippen LogP contribution in [0.4, 0.5) is 0 Å². The maximum Gasteiger partial charge on any atom is 0.311 e. The standard InChI is InChI=1S/C14H27N3O4/c1-12(2)21-11-3-4-15-13(19)14(20)17-7-5-16(6-8-17)9-10-18/h12,18H,3-11H2,1-2H3,(H,15,19). The molecule has 0 aliphatic carbocycles. The second-order valence-electron chi connectivity index (χ2n) is 5.39. The predicted molar refractivity (Wildman–Crippen MR) is 78.8 cm³/mol. The molecule has 1 saturated heterocycles. The minimum absolute atomic E-state index is 0.118. The molecule has 1 rings (SSSR count). The Hall–Kier alpha value is -1.18. The van der Waals surface area contributed by atoms with E-state index in [0.717, 1.165) is 0 Å². The minimum atomic E-state index is -0.546. The molecule has 0 aromatic heterocycles. The molecule has 0 bridgehead atoms. The molecule has 0 aromatic rings. The second kappa shape index (κ2) is 9.70. The van der Waals surface area contributed by atoms with Gasteiger partial charge in [0.05, 0.1) is 12.7 Å². The molecule has 1 aliphatic heterocycles. The molecule has 0 saturated carbocycles. The maximum atomic E-state index is 11.9. The molecule has 0 radical (unpaired) electrons. The van der Waals surface area contributed by atoms with E-state index in [9.17, 15) is 9.59 Å². The highest BCUT2D eigenvalue weighted by molar-refractivity contribution is 6.35. The third-order valence-electron chi connectivity index (χ3n) is 3.33. The number of hydrogen-bond acceptors (Lipinski definition) is 5. The highest BCUT2D eigenvalue weighted by atomic mass is 16.5. The lowest BCUT2D eigenvalue weighted by molar-refractivity contribution is -0.147. The van der Waals surface area contributed by atoms with Gasteiger partial charge in [0.1, 0.15) is 0 Å². The molecular formula is C14H27N3O4. The fourth-order valence-electron chi connectivity index (χ4n) is 2.13. The van der Waals surface area contributed by atoms with Crippen LogP contribution in [0.15, 0.2) is 0 Å². The average molecular weight is 301 g/mol. The van der Waals surface area contributed by atoms with E-state index in [1.165, 1.54) is 0 Å². The molecule has 1 heterocycles. The van der Waals surface area contributed by atoms with Crippen molar-refractivity contribution >= 4 is 11.8 Å². The first kappa shape index (κ1) is 17.9. The van der Waals surface area contributed by atoms with Gasteiger partial charge in [-0.05, 0) is 20.3 Å². The van der Waals surface area contributed by atoms with Gasteiger partial charge < -0.3 is 20.1 Å². The number of β-amino-alcohol motifs (C(OH)–C–C–N with tert-alkyl or cyclic N) is 1. The summed E-state index contributed by atoms with van der Waals surface area (Å²) in [4.78, 5) is 27.3. The van der Waals surface area contributed by atoms with E-state index in [1.54, 1.807) is 4.90 Å². The summed E-state index contributed by atoms with van der Waals surface area (Å²) in [5.74, 6) is -1.02. The summed E-state index contributed by atoms with van der Waals surface area (Å²) in [7, 11) is 0. The number of aliphatic hydroxyl groups excluding tert-OH is 1. The molecule has 0 aromatic carbocycles. The van der Waals surface area contributed by atoms with Crippen LogP contribution < -0.4 is 5.32 Å². The molecule has 7 heteroatoms. The molecule has 2 N–H and O–H groups in total. The van der Waals surface area contributed by atoms with Crippen molar-refractivity contribution in [2.24, 2.45) is 0 Å². The third kappa shape index (κ3) is 6.88. The van der Waals surface area contributed by atoms with Crippen molar-refractivity contribution in [3.63, 3.8) is 0 Å². The van der Waals surface area contributed by atoms with Gasteiger partial charge in [-0.15, -0.1) is 0 Å². The first-order valence-electron chi connectivity index (χ1n) is 7.56. The number of nitrogens with zero attached hydrogens (tertiary/aromatic N) is 2. The van der Waals surface area contributed by atoms with Gasteiger partial charge in [-0.1, -0.05) is 0 Å². The minimum Gasteiger partial charge on any atom is -0.395 e. The summed E-state index contributed by atoms with van der Waals surface area (Å²) in [6, 6.07) is 0. The summed E-state index contributed by atoms with van der Waals surface area (Å²) in [6.07, 6.45) is 0.874. The second-order valence-corrected chi connectivity index (χ2v) is 5.39. The Bertz CT molecular complexity index is 328. The van der Waals surface area contributed by atoms with Gasteiger partial charge in [-0.3, -0.25) is 14.5 Å². The number of aliphatic hydroxyl groups is 1. The van der Waals surface area contributed by atoms with E-state index in [1.807, 2.05) is 13.8 Å². The van der Waals surface area contributed by atoms with E-state index < -0.39 is 11.8 Å². The summed E-state index contributed by atoms with van der Waals surface area (Å²) in [6.45, 7) is 8.12. The Balaban J connectivity index is 2.18. The van der Waals surface area contributed by atoms with Crippen LogP contribution in [-0.2, 0) is 14.3 Å². The Morgan fingerprint density at radius 3 is 2.48 bits per heavy atom. The van der Waals surface area contributed by atoms with E-state index in [0.29, 0.717) is 52.3 Å². The van der Waals surface area contributed by atoms with Gasteiger partial charge in [0.2, 0.25) is 0 Å². The van der Waals surface area contributed by atoms with Gasteiger partial charge in [0.15, 0.2) is 0 Å². The van der Waals surface area contributed by atoms with Crippen molar-refractivity contribution in [3.8, 4) is 0 Å². The lowest BCUT2D eigenvalue weighted by Crippen LogP contribution is -2.53. The van der Waals surface area contributed by atoms with Crippen molar-refractivity contribution in [1.29, 1.82) is 0 Å². The van der Waals surface area contributed by atoms with Crippen molar-refractivity contribution in [2.75, 3.05) is 52.5 Å². The lowest BCUT2D eigenvalue weighted by atomic mass is 10.3. The Labute approximate surface area is 126 Å². The molecular weight excluding hydrogens is 274 g/mol. The van der Waals surface area contributed by atoms with Crippen molar-refractivity contribution in [2.45, 2.75) is 26.4 Å². The Morgan fingerprint density at radius 1 is 1.24 bits per heavy atom. The number of ether oxygens (including phenoxy) is 1. The number of nitrogens with one attached hydrogen (secondary N) is 1. The topological polar surface area (TPSA) is 82.1 Å². The van der Waals surface area contributed by atoms with Crippen LogP contribution >= 0.6 is 0 Å². The van der Waals surface area contributed by atoms with Crippen LogP contribution in [0.3, 0.4) is 0 Å². The molecule has 7 nitrogen and oxygen atoms in total. The van der Waals surface area contributed by atoms with Gasteiger partial charge in [-0.25, -0.2) is 0 Å². The maximum absolute atomic E-state index is 11.9. The lowest BCUT2D eigenvalue weighted by Gasteiger charge is -2.33. The van der Waals surface area contributed by atoms with Gasteiger partial charge in [0.25, 0.3) is 0 Å². The molecule has 0 unspecified atom stereocenters. The van der Waals surface area contributed by atoms with Gasteiger partial charge in [0, 0.05) is 45.9 Å². The number of carbonyl (C=O) groups excluding carboxylic acids is 2. The highest BCUT2D eigenvalue weighted by Crippen LogP contribution is 2.01. The van der Waals surface area contributed by atoms with Crippen LogP contribution in [0, 0.1) is 0 Å². The first-order valence-corrected chi connectivity index (χ1v) is 7.56. The van der Waals surface area contributed by atoms with Gasteiger partial charge in [-0.2, -0.15) is 0 Å². The molecule has 0 atom stereocenters. The quantitative estimate of drug-likeness (QED) is 0.468. The van der Waals surface area contributed by atoms with Crippen LogP contribution in [0.2, 0.25) is 0 Å². The molecule has 0 spiro atoms. The fourth-order valence-corrected chi connectivity index (χ4v) is 2.13. The number of carbonyl (C=O) groups is 2. The SMILES string of the molecule is CC(C)OCCCNC(=O)C(=O)N1CCN(CCO)CC1. The van der Waals surface area contributed by atoms with Crippen LogP contribution in [0.5, 0.6) is 0 Å². The fraction of sp³-hybridized carbons (Fsp3) is 0.857. The average Bonchev–Trinajstić information content (AvgIpc) is 2.46. The van der Waals surface area contributed by atoms with E-state index in [-0.39, 0.29) is 12.7 Å². The van der Waals surface area contributed by atoms with E-state index in [4.69, 9.17) is 9.84 Å². The molecule has 1 fully saturated rings. The largest absolute Gasteiger partial charge is 0.395 e. The molecule has 1 aliphatic rings. The number of piperazine rings is 1. The molecule has 21 heavy (non-hydrogen) atoms. The van der Waals surface area contributed by atoms with Crippen LogP contribution in [-0.4, -0.2) is 85.3 Å². The first-order chi connectivity index (χ1) is 10.0. The van der Waals surface area contributed by atoms with Crippen molar-refractivity contribution < 1.29 is 19.4 Å². The summed E-state index contributed by atoms with van der Waals surface area (Å²) in [5, 5.41) is 11.5. The Morgan fingerprint density at radius 2 is 1.90 bits per heavy atom. The molecule has 122 valence electrons. The smallest absolute Gasteiger partial charge is 0.311 e. The van der Waals surface area contributed by atoms with Crippen LogP contribution in [0.1, 0.15) is 20.3 Å². The van der Waals surface area contributed by atoms with E-state index >= 15 is 0 Å². The zero-order valence-electron chi connectivity index (χ0n) is 13.0. The zero-order valence-corrected chi connectivity index (χ0v) is 13.0. The third-order valence-corrected chi connectivity index (χ3v) is 3.33. The summed E-state index contributed by atoms with van der Waals surface area (Å²) >= 11 is 0. The Kier molecular flexibility index (Phi) is 8.26. The normalized spacial score (nSPS) is 16.3. The van der Waals surface area contributed by atoms with Gasteiger partial charge >= 0.3 is 11.8 Å². The monoisotopic (exact) mass is 301 g/mol. The predicted octanol–water partition coefficient (Wildman–Crippen LogP) is -0.946. The van der Waals surface area contributed by atoms with E-state index in [2.05, 4.69) is 10.2 Å². The number of rotatable bonds is 7. The van der Waals surface area contributed by atoms with Crippen molar-refractivity contribution in [1.82, 2.24) is 15.1 Å². The highest BCUT2D eigenvalue weighted by Gasteiger charge is 2.25. The van der Waals surface area contributed by atoms with Crippen molar-refractivity contribution in [3.05, 3.63) is 0 Å². The number of amides is 2.